The highest BCUT2D eigenvalue weighted by molar-refractivity contribution is 8.00. The second kappa shape index (κ2) is 5.75. The van der Waals surface area contributed by atoms with Gasteiger partial charge in [-0.05, 0) is 24.3 Å². The second-order valence-corrected chi connectivity index (χ2v) is 5.78. The smallest absolute Gasteiger partial charge is 0.210 e. The van der Waals surface area contributed by atoms with Gasteiger partial charge >= 0.3 is 0 Å². The van der Waals surface area contributed by atoms with Crippen LogP contribution in [0.5, 0.6) is 0 Å². The van der Waals surface area contributed by atoms with Gasteiger partial charge in [-0.1, -0.05) is 11.6 Å². The molecule has 0 aliphatic carbocycles. The van der Waals surface area contributed by atoms with E-state index in [9.17, 15) is 8.42 Å². The third-order valence-corrected chi connectivity index (χ3v) is 3.88. The first-order valence-electron chi connectivity index (χ1n) is 4.18. The molecule has 1 radical (unpaired) electrons. The van der Waals surface area contributed by atoms with E-state index in [4.69, 9.17) is 11.6 Å². The molecule has 0 amide bonds. The molecule has 0 aliphatic rings. The van der Waals surface area contributed by atoms with E-state index in [1.165, 1.54) is 23.9 Å². The molecule has 1 rings (SSSR count). The summed E-state index contributed by atoms with van der Waals surface area (Å²) in [5.74, 6) is 0.646. The Kier molecular flexibility index (Phi) is 4.92. The minimum atomic E-state index is -3.40. The molecule has 0 aromatic heterocycles. The van der Waals surface area contributed by atoms with Crippen LogP contribution in [0.15, 0.2) is 29.2 Å². The van der Waals surface area contributed by atoms with E-state index in [1.54, 1.807) is 12.1 Å². The molecule has 1 aromatic carbocycles. The summed E-state index contributed by atoms with van der Waals surface area (Å²) >= 11 is 7.00. The Morgan fingerprint density at radius 3 is 2.47 bits per heavy atom. The first-order chi connectivity index (χ1) is 7.06. The molecule has 0 bridgehead atoms. The monoisotopic (exact) mass is 264 g/mol. The number of halogens is 1. The molecule has 1 aromatic rings. The van der Waals surface area contributed by atoms with Crippen LogP contribution >= 0.6 is 23.4 Å². The van der Waals surface area contributed by atoms with Crippen LogP contribution in [-0.4, -0.2) is 20.7 Å². The number of rotatable bonds is 5. The van der Waals surface area contributed by atoms with Gasteiger partial charge in [-0.2, -0.15) is 11.8 Å². The van der Waals surface area contributed by atoms with Crippen molar-refractivity contribution < 1.29 is 8.42 Å². The van der Waals surface area contributed by atoms with Crippen LogP contribution in [0.1, 0.15) is 0 Å². The van der Waals surface area contributed by atoms with E-state index >= 15 is 0 Å². The van der Waals surface area contributed by atoms with Crippen molar-refractivity contribution in [2.75, 3.05) is 12.3 Å². The topological polar surface area (TPSA) is 46.2 Å². The van der Waals surface area contributed by atoms with Crippen molar-refractivity contribution in [3.05, 3.63) is 35.5 Å². The van der Waals surface area contributed by atoms with Gasteiger partial charge in [0.2, 0.25) is 10.0 Å². The van der Waals surface area contributed by atoms with Crippen LogP contribution in [0, 0.1) is 6.26 Å². The number of sulfonamides is 1. The Morgan fingerprint density at radius 1 is 1.33 bits per heavy atom. The molecular weight excluding hydrogens is 254 g/mol. The third-order valence-electron chi connectivity index (χ3n) is 1.66. The fourth-order valence-corrected chi connectivity index (χ4v) is 2.48. The van der Waals surface area contributed by atoms with Crippen LogP contribution in [0.2, 0.25) is 5.02 Å². The molecule has 0 saturated heterocycles. The zero-order valence-electron chi connectivity index (χ0n) is 7.94. The molecule has 0 atom stereocenters. The zero-order valence-corrected chi connectivity index (χ0v) is 10.3. The Morgan fingerprint density at radius 2 is 1.93 bits per heavy atom. The molecule has 0 fully saturated rings. The van der Waals surface area contributed by atoms with Gasteiger partial charge in [0.15, 0.2) is 0 Å². The normalized spacial score (nSPS) is 11.6. The van der Waals surface area contributed by atoms with E-state index in [0.717, 1.165) is 0 Å². The third kappa shape index (κ3) is 4.03. The molecular formula is C9H11ClNO2S2. The van der Waals surface area contributed by atoms with Crippen molar-refractivity contribution in [3.63, 3.8) is 0 Å². The Hall–Kier alpha value is -0.230. The highest BCUT2D eigenvalue weighted by Crippen LogP contribution is 2.13. The van der Waals surface area contributed by atoms with Crippen LogP contribution < -0.4 is 4.72 Å². The summed E-state index contributed by atoms with van der Waals surface area (Å²) in [5.41, 5.74) is 0. The lowest BCUT2D eigenvalue weighted by atomic mass is 10.4. The fourth-order valence-electron chi connectivity index (χ4n) is 0.945. The lowest BCUT2D eigenvalue weighted by Crippen LogP contribution is -2.25. The summed E-state index contributed by atoms with van der Waals surface area (Å²) in [6, 6.07) is 6.04. The first kappa shape index (κ1) is 12.8. The molecule has 6 heteroatoms. The highest BCUT2D eigenvalue weighted by Gasteiger charge is 2.12. The van der Waals surface area contributed by atoms with Crippen molar-refractivity contribution in [2.45, 2.75) is 4.90 Å². The number of hydrogen-bond donors (Lipinski definition) is 1. The summed E-state index contributed by atoms with van der Waals surface area (Å²) in [6.07, 6.45) is 3.55. The Bertz CT molecular complexity index is 403. The van der Waals surface area contributed by atoms with Gasteiger partial charge in [0.05, 0.1) is 4.90 Å². The minimum Gasteiger partial charge on any atom is -0.210 e. The number of hydrogen-bond acceptors (Lipinski definition) is 3. The van der Waals surface area contributed by atoms with Crippen molar-refractivity contribution >= 4 is 33.4 Å². The summed E-state index contributed by atoms with van der Waals surface area (Å²) in [4.78, 5) is 0.223. The van der Waals surface area contributed by atoms with E-state index < -0.39 is 10.0 Å². The van der Waals surface area contributed by atoms with Crippen LogP contribution in [0.3, 0.4) is 0 Å². The number of nitrogens with one attached hydrogen (secondary N) is 1. The standard InChI is InChI=1S/C9H11ClNO2S2/c1-14-7-6-11-15(12,13)9-4-2-8(10)3-5-9/h2-5,11H,1,6-7H2. The van der Waals surface area contributed by atoms with Gasteiger partial charge < -0.3 is 0 Å². The van der Waals surface area contributed by atoms with Gasteiger partial charge in [0.25, 0.3) is 0 Å². The van der Waals surface area contributed by atoms with Gasteiger partial charge in [-0.15, -0.1) is 0 Å². The molecule has 0 aliphatic heterocycles. The summed E-state index contributed by atoms with van der Waals surface area (Å²) in [6.45, 7) is 0.374. The lowest BCUT2D eigenvalue weighted by molar-refractivity contribution is 0.584. The maximum absolute atomic E-state index is 11.6. The predicted octanol–water partition coefficient (Wildman–Crippen LogP) is 2.14. The minimum absolute atomic E-state index is 0.223. The van der Waals surface area contributed by atoms with Gasteiger partial charge in [0.1, 0.15) is 0 Å². The van der Waals surface area contributed by atoms with Crippen molar-refractivity contribution in [3.8, 4) is 0 Å². The molecule has 0 spiro atoms. The molecule has 1 N–H and O–H groups in total. The Balaban J connectivity index is 2.73. The van der Waals surface area contributed by atoms with Crippen molar-refractivity contribution in [1.29, 1.82) is 0 Å². The van der Waals surface area contributed by atoms with E-state index in [0.29, 0.717) is 17.3 Å². The molecule has 0 unspecified atom stereocenters. The maximum Gasteiger partial charge on any atom is 0.240 e. The fraction of sp³-hybridized carbons (Fsp3) is 0.222. The van der Waals surface area contributed by atoms with E-state index in [2.05, 4.69) is 11.0 Å². The predicted molar refractivity (Wildman–Crippen MR) is 64.5 cm³/mol. The first-order valence-corrected chi connectivity index (χ1v) is 7.20. The molecule has 0 heterocycles. The van der Waals surface area contributed by atoms with Gasteiger partial charge in [0, 0.05) is 23.6 Å². The molecule has 0 saturated carbocycles. The largest absolute Gasteiger partial charge is 0.240 e. The average Bonchev–Trinajstić information content (AvgIpc) is 2.18. The summed E-state index contributed by atoms with van der Waals surface area (Å²) in [7, 11) is -3.40. The quantitative estimate of drug-likeness (QED) is 0.829. The van der Waals surface area contributed by atoms with Gasteiger partial charge in [-0.25, -0.2) is 13.1 Å². The summed E-state index contributed by atoms with van der Waals surface area (Å²) < 4.78 is 25.7. The maximum atomic E-state index is 11.6. The van der Waals surface area contributed by atoms with Crippen molar-refractivity contribution in [2.24, 2.45) is 0 Å². The van der Waals surface area contributed by atoms with Crippen LogP contribution in [0.25, 0.3) is 0 Å². The second-order valence-electron chi connectivity index (χ2n) is 2.76. The zero-order chi connectivity index (χ0) is 11.3. The molecule has 83 valence electrons. The van der Waals surface area contributed by atoms with Crippen molar-refractivity contribution in [1.82, 2.24) is 4.72 Å². The van der Waals surface area contributed by atoms with E-state index in [1.807, 2.05) is 0 Å². The van der Waals surface area contributed by atoms with Crippen LogP contribution in [0.4, 0.5) is 0 Å². The SMILES string of the molecule is [CH2]SCCNS(=O)(=O)c1ccc(Cl)cc1. The number of benzene rings is 1. The van der Waals surface area contributed by atoms with Gasteiger partial charge in [-0.3, -0.25) is 0 Å². The Labute approximate surface area is 99.3 Å². The average molecular weight is 265 g/mol. The number of thioether (sulfide) groups is 1. The lowest BCUT2D eigenvalue weighted by Gasteiger charge is -2.05. The summed E-state index contributed by atoms with van der Waals surface area (Å²) in [5, 5.41) is 0.516. The molecule has 15 heavy (non-hydrogen) atoms. The van der Waals surface area contributed by atoms with Crippen LogP contribution in [-0.2, 0) is 10.0 Å². The molecule has 3 nitrogen and oxygen atoms in total. The van der Waals surface area contributed by atoms with E-state index in [-0.39, 0.29) is 4.90 Å². The highest BCUT2D eigenvalue weighted by atomic mass is 35.5.